The lowest BCUT2D eigenvalue weighted by Crippen LogP contribution is -2.07. The molecule has 3 aromatic rings. The van der Waals surface area contributed by atoms with Crippen LogP contribution in [0.1, 0.15) is 5.56 Å². The van der Waals surface area contributed by atoms with Crippen molar-refractivity contribution in [3.63, 3.8) is 0 Å². The Morgan fingerprint density at radius 3 is 2.86 bits per heavy atom. The molecule has 0 aliphatic heterocycles. The van der Waals surface area contributed by atoms with E-state index in [0.717, 1.165) is 29.0 Å². The summed E-state index contributed by atoms with van der Waals surface area (Å²) in [6.45, 7) is 0. The minimum absolute atomic E-state index is 0.279. The third kappa shape index (κ3) is 3.01. The zero-order valence-electron chi connectivity index (χ0n) is 11.4. The van der Waals surface area contributed by atoms with Gasteiger partial charge in [-0.25, -0.2) is 13.8 Å². The Hall–Kier alpha value is -2.61. The molecule has 0 spiro atoms. The van der Waals surface area contributed by atoms with Gasteiger partial charge in [-0.15, -0.1) is 0 Å². The van der Waals surface area contributed by atoms with Crippen molar-refractivity contribution in [1.82, 2.24) is 14.8 Å². The predicted octanol–water partition coefficient (Wildman–Crippen LogP) is 2.96. The van der Waals surface area contributed by atoms with Crippen molar-refractivity contribution in [2.75, 3.05) is 5.32 Å². The molecule has 0 aliphatic carbocycles. The topological polar surface area (TPSA) is 59.8 Å². The Kier molecular flexibility index (Phi) is 3.68. The third-order valence-electron chi connectivity index (χ3n) is 2.81. The summed E-state index contributed by atoms with van der Waals surface area (Å²) in [7, 11) is 1.77. The Morgan fingerprint density at radius 2 is 2.14 bits per heavy atom. The average Bonchev–Trinajstić information content (AvgIpc) is 3.03. The highest BCUT2D eigenvalue weighted by molar-refractivity contribution is 7.22. The van der Waals surface area contributed by atoms with E-state index in [1.807, 2.05) is 0 Å². The maximum absolute atomic E-state index is 13.1. The van der Waals surface area contributed by atoms with Crippen LogP contribution in [0.5, 0.6) is 0 Å². The van der Waals surface area contributed by atoms with E-state index < -0.39 is 11.6 Å². The summed E-state index contributed by atoms with van der Waals surface area (Å²) in [6, 6.07) is 2.06. The van der Waals surface area contributed by atoms with Crippen molar-refractivity contribution in [3.05, 3.63) is 47.8 Å². The van der Waals surface area contributed by atoms with E-state index in [2.05, 4.69) is 15.4 Å². The molecule has 8 heteroatoms. The number of thiazole rings is 1. The minimum atomic E-state index is -0.966. The van der Waals surface area contributed by atoms with Crippen LogP contribution in [0.25, 0.3) is 16.3 Å². The van der Waals surface area contributed by atoms with Crippen LogP contribution in [0.15, 0.2) is 30.6 Å². The van der Waals surface area contributed by atoms with E-state index in [-0.39, 0.29) is 11.0 Å². The van der Waals surface area contributed by atoms with Gasteiger partial charge in [0.15, 0.2) is 16.8 Å². The van der Waals surface area contributed by atoms with Gasteiger partial charge in [0.2, 0.25) is 5.91 Å². The standard InChI is InChI=1S/C14H10F2N4OS/c1-20-7-8(6-17-20)2-3-13(21)19-14-18-11-4-9(15)10(16)5-12(11)22-14/h2-7H,1H3,(H,18,19,21)/b3-2-. The first-order chi connectivity index (χ1) is 10.5. The number of rotatable bonds is 3. The lowest BCUT2D eigenvalue weighted by molar-refractivity contribution is -0.111. The predicted molar refractivity (Wildman–Crippen MR) is 80.4 cm³/mol. The van der Waals surface area contributed by atoms with Crippen LogP contribution >= 0.6 is 11.3 Å². The number of carbonyl (C=O) groups excluding carboxylic acids is 1. The second kappa shape index (κ2) is 5.64. The maximum atomic E-state index is 13.1. The van der Waals surface area contributed by atoms with Crippen LogP contribution in [-0.4, -0.2) is 20.7 Å². The van der Waals surface area contributed by atoms with Gasteiger partial charge in [0.1, 0.15) is 0 Å². The van der Waals surface area contributed by atoms with Crippen LogP contribution in [0, 0.1) is 11.6 Å². The molecule has 0 unspecified atom stereocenters. The number of anilines is 1. The molecule has 1 amide bonds. The number of hydrogen-bond acceptors (Lipinski definition) is 4. The second-order valence-electron chi connectivity index (χ2n) is 4.52. The van der Waals surface area contributed by atoms with Gasteiger partial charge in [0.25, 0.3) is 0 Å². The van der Waals surface area contributed by atoms with Crippen LogP contribution in [0.3, 0.4) is 0 Å². The number of halogens is 2. The highest BCUT2D eigenvalue weighted by Crippen LogP contribution is 2.27. The van der Waals surface area contributed by atoms with Gasteiger partial charge >= 0.3 is 0 Å². The van der Waals surface area contributed by atoms with E-state index >= 15 is 0 Å². The van der Waals surface area contributed by atoms with Gasteiger partial charge < -0.3 is 0 Å². The Bertz CT molecular complexity index is 845. The zero-order valence-corrected chi connectivity index (χ0v) is 12.2. The molecule has 22 heavy (non-hydrogen) atoms. The molecule has 1 aromatic carbocycles. The van der Waals surface area contributed by atoms with Gasteiger partial charge in [0.05, 0.1) is 16.4 Å². The van der Waals surface area contributed by atoms with Gasteiger partial charge in [-0.05, 0) is 12.1 Å². The first kappa shape index (κ1) is 14.3. The first-order valence-corrected chi connectivity index (χ1v) is 7.06. The molecule has 3 rings (SSSR count). The van der Waals surface area contributed by atoms with Crippen LogP contribution < -0.4 is 5.32 Å². The van der Waals surface area contributed by atoms with E-state index in [4.69, 9.17) is 0 Å². The Balaban J connectivity index is 1.75. The molecule has 0 saturated heterocycles. The van der Waals surface area contributed by atoms with Gasteiger partial charge in [-0.3, -0.25) is 14.8 Å². The smallest absolute Gasteiger partial charge is 0.250 e. The fourth-order valence-corrected chi connectivity index (χ4v) is 2.70. The lowest BCUT2D eigenvalue weighted by atomic mass is 10.3. The number of hydrogen-bond donors (Lipinski definition) is 1. The molecule has 2 heterocycles. The third-order valence-corrected chi connectivity index (χ3v) is 3.75. The number of aromatic nitrogens is 3. The van der Waals surface area contributed by atoms with Crippen LogP contribution in [0.4, 0.5) is 13.9 Å². The Morgan fingerprint density at radius 1 is 1.36 bits per heavy atom. The number of amides is 1. The molecule has 0 saturated carbocycles. The summed E-state index contributed by atoms with van der Waals surface area (Å²) < 4.78 is 28.3. The maximum Gasteiger partial charge on any atom is 0.250 e. The van der Waals surface area contributed by atoms with Crippen molar-refractivity contribution >= 4 is 38.7 Å². The monoisotopic (exact) mass is 320 g/mol. The minimum Gasteiger partial charge on any atom is -0.298 e. The Labute approximate surface area is 127 Å². The van der Waals surface area contributed by atoms with Gasteiger partial charge in [-0.2, -0.15) is 5.10 Å². The molecular formula is C14H10F2N4OS. The molecular weight excluding hydrogens is 310 g/mol. The number of carbonyl (C=O) groups is 1. The van der Waals surface area contributed by atoms with Crippen molar-refractivity contribution in [3.8, 4) is 0 Å². The number of fused-ring (bicyclic) bond motifs is 1. The number of benzene rings is 1. The van der Waals surface area contributed by atoms with Crippen molar-refractivity contribution in [2.24, 2.45) is 7.05 Å². The van der Waals surface area contributed by atoms with Crippen LogP contribution in [-0.2, 0) is 11.8 Å². The lowest BCUT2D eigenvalue weighted by Gasteiger charge is -1.94. The molecule has 5 nitrogen and oxygen atoms in total. The second-order valence-corrected chi connectivity index (χ2v) is 5.55. The molecule has 2 aromatic heterocycles. The van der Waals surface area contributed by atoms with Crippen LogP contribution in [0.2, 0.25) is 0 Å². The normalized spacial score (nSPS) is 11.4. The van der Waals surface area contributed by atoms with E-state index in [1.54, 1.807) is 30.2 Å². The summed E-state index contributed by atoms with van der Waals surface area (Å²) in [4.78, 5) is 15.8. The fourth-order valence-electron chi connectivity index (χ4n) is 1.82. The van der Waals surface area contributed by atoms with Crippen molar-refractivity contribution in [1.29, 1.82) is 0 Å². The van der Waals surface area contributed by atoms with E-state index in [1.165, 1.54) is 6.08 Å². The first-order valence-electron chi connectivity index (χ1n) is 6.24. The SMILES string of the molecule is Cn1cc(/C=C\C(=O)Nc2nc3cc(F)c(F)cc3s2)cn1. The number of nitrogens with zero attached hydrogens (tertiary/aromatic N) is 3. The van der Waals surface area contributed by atoms with Crippen molar-refractivity contribution in [2.45, 2.75) is 0 Å². The largest absolute Gasteiger partial charge is 0.298 e. The summed E-state index contributed by atoms with van der Waals surface area (Å²) in [5, 5.41) is 6.81. The molecule has 0 fully saturated rings. The highest BCUT2D eigenvalue weighted by atomic mass is 32.1. The van der Waals surface area contributed by atoms with Gasteiger partial charge in [0, 0.05) is 31.0 Å². The average molecular weight is 320 g/mol. The van der Waals surface area contributed by atoms with Crippen molar-refractivity contribution < 1.29 is 13.6 Å². The fraction of sp³-hybridized carbons (Fsp3) is 0.0714. The number of nitrogens with one attached hydrogen (secondary N) is 1. The molecule has 0 aliphatic rings. The molecule has 1 N–H and O–H groups in total. The highest BCUT2D eigenvalue weighted by Gasteiger charge is 2.10. The molecule has 0 atom stereocenters. The van der Waals surface area contributed by atoms with Gasteiger partial charge in [-0.1, -0.05) is 11.3 Å². The summed E-state index contributed by atoms with van der Waals surface area (Å²) >= 11 is 1.07. The molecule has 0 bridgehead atoms. The van der Waals surface area contributed by atoms with E-state index in [0.29, 0.717) is 10.2 Å². The molecule has 112 valence electrons. The summed E-state index contributed by atoms with van der Waals surface area (Å²) in [5.74, 6) is -2.29. The quantitative estimate of drug-likeness (QED) is 0.755. The summed E-state index contributed by atoms with van der Waals surface area (Å²) in [6.07, 6.45) is 6.32. The summed E-state index contributed by atoms with van der Waals surface area (Å²) in [5.41, 5.74) is 1.08. The number of aryl methyl sites for hydroxylation is 1. The van der Waals surface area contributed by atoms with E-state index in [9.17, 15) is 13.6 Å². The zero-order chi connectivity index (χ0) is 15.7. The molecule has 0 radical (unpaired) electrons.